The molecule has 1 rings (SSSR count). The minimum atomic E-state index is -1.07. The second-order valence-corrected chi connectivity index (χ2v) is 3.62. The molecular weight excluding hydrogens is 246 g/mol. The van der Waals surface area contributed by atoms with E-state index in [9.17, 15) is 4.79 Å². The van der Waals surface area contributed by atoms with Gasteiger partial charge in [-0.15, -0.1) is 0 Å². The maximum Gasteiger partial charge on any atom is 0.328 e. The van der Waals surface area contributed by atoms with Gasteiger partial charge in [0.1, 0.15) is 0 Å². The smallest absolute Gasteiger partial charge is 0.328 e. The summed E-state index contributed by atoms with van der Waals surface area (Å²) in [5.41, 5.74) is 0.406. The summed E-state index contributed by atoms with van der Waals surface area (Å²) in [6.07, 6.45) is 2.25. The molecule has 0 saturated heterocycles. The van der Waals surface area contributed by atoms with E-state index in [4.69, 9.17) is 39.9 Å². The normalized spacial score (nSPS) is 10.8. The van der Waals surface area contributed by atoms with E-state index in [2.05, 4.69) is 0 Å². The first-order chi connectivity index (χ1) is 6.52. The van der Waals surface area contributed by atoms with Crippen molar-refractivity contribution in [2.75, 3.05) is 0 Å². The van der Waals surface area contributed by atoms with Gasteiger partial charge in [0.2, 0.25) is 0 Å². The predicted molar refractivity (Wildman–Crippen MR) is 58.1 cm³/mol. The van der Waals surface area contributed by atoms with Crippen LogP contribution in [0.4, 0.5) is 0 Å². The molecule has 0 aromatic heterocycles. The minimum absolute atomic E-state index is 0.247. The van der Waals surface area contributed by atoms with Crippen molar-refractivity contribution in [2.45, 2.75) is 0 Å². The van der Waals surface area contributed by atoms with Gasteiger partial charge in [0.25, 0.3) is 0 Å². The third kappa shape index (κ3) is 2.64. The number of carboxylic acids is 1. The first kappa shape index (κ1) is 11.4. The number of hydrogen-bond donors (Lipinski definition) is 1. The number of hydrogen-bond acceptors (Lipinski definition) is 1. The third-order valence-corrected chi connectivity index (χ3v) is 2.62. The first-order valence-electron chi connectivity index (χ1n) is 3.57. The second-order valence-electron chi connectivity index (χ2n) is 2.43. The van der Waals surface area contributed by atoms with Crippen LogP contribution in [0.2, 0.25) is 15.1 Å². The molecule has 74 valence electrons. The molecule has 0 amide bonds. The third-order valence-electron chi connectivity index (χ3n) is 1.47. The number of carboxylic acid groups (broad SMARTS) is 1. The molecular formula is C9H5Cl3O2. The van der Waals surface area contributed by atoms with Crippen molar-refractivity contribution in [3.05, 3.63) is 38.8 Å². The largest absolute Gasteiger partial charge is 0.478 e. The van der Waals surface area contributed by atoms with E-state index in [1.54, 1.807) is 12.1 Å². The molecule has 1 N–H and O–H groups in total. The number of carbonyl (C=O) groups is 1. The van der Waals surface area contributed by atoms with E-state index in [0.717, 1.165) is 6.08 Å². The Morgan fingerprint density at radius 2 is 1.79 bits per heavy atom. The molecule has 0 spiro atoms. The van der Waals surface area contributed by atoms with Crippen molar-refractivity contribution < 1.29 is 9.90 Å². The quantitative estimate of drug-likeness (QED) is 0.642. The summed E-state index contributed by atoms with van der Waals surface area (Å²) in [5.74, 6) is -1.07. The highest BCUT2D eigenvalue weighted by molar-refractivity contribution is 6.44. The molecule has 0 radical (unpaired) electrons. The number of aliphatic carboxylic acids is 1. The molecule has 1 aromatic carbocycles. The molecule has 1 aromatic rings. The number of rotatable bonds is 2. The van der Waals surface area contributed by atoms with Gasteiger partial charge in [-0.3, -0.25) is 0 Å². The first-order valence-corrected chi connectivity index (χ1v) is 4.70. The zero-order valence-corrected chi connectivity index (χ0v) is 9.07. The van der Waals surface area contributed by atoms with Gasteiger partial charge >= 0.3 is 5.97 Å². The Morgan fingerprint density at radius 3 is 2.36 bits per heavy atom. The zero-order chi connectivity index (χ0) is 10.7. The Labute approximate surface area is 95.7 Å². The maximum atomic E-state index is 10.3. The molecule has 0 aliphatic carbocycles. The molecule has 5 heteroatoms. The standard InChI is InChI=1S/C9H5Cl3O2/c10-6-2-3-7(11)9(12)5(6)1-4-8(13)14/h1-4H,(H,13,14). The Balaban J connectivity index is 3.19. The summed E-state index contributed by atoms with van der Waals surface area (Å²) in [4.78, 5) is 10.3. The summed E-state index contributed by atoms with van der Waals surface area (Å²) in [7, 11) is 0. The lowest BCUT2D eigenvalue weighted by Gasteiger charge is -2.02. The highest BCUT2D eigenvalue weighted by atomic mass is 35.5. The van der Waals surface area contributed by atoms with Gasteiger partial charge in [0, 0.05) is 16.7 Å². The minimum Gasteiger partial charge on any atom is -0.478 e. The maximum absolute atomic E-state index is 10.3. The van der Waals surface area contributed by atoms with Gasteiger partial charge < -0.3 is 5.11 Å². The Morgan fingerprint density at radius 1 is 1.21 bits per heavy atom. The van der Waals surface area contributed by atoms with E-state index < -0.39 is 5.97 Å². The fraction of sp³-hybridized carbons (Fsp3) is 0. The van der Waals surface area contributed by atoms with Crippen molar-refractivity contribution in [3.8, 4) is 0 Å². The van der Waals surface area contributed by atoms with E-state index in [0.29, 0.717) is 15.6 Å². The van der Waals surface area contributed by atoms with Crippen LogP contribution in [0.25, 0.3) is 6.08 Å². The van der Waals surface area contributed by atoms with Crippen molar-refractivity contribution in [3.63, 3.8) is 0 Å². The van der Waals surface area contributed by atoms with Crippen LogP contribution < -0.4 is 0 Å². The molecule has 0 fully saturated rings. The summed E-state index contributed by atoms with van der Waals surface area (Å²) in [5, 5.41) is 9.36. The molecule has 0 saturated carbocycles. The van der Waals surface area contributed by atoms with Gasteiger partial charge in [-0.05, 0) is 18.2 Å². The number of halogens is 3. The van der Waals surface area contributed by atoms with E-state index >= 15 is 0 Å². The molecule has 0 aliphatic heterocycles. The summed E-state index contributed by atoms with van der Waals surface area (Å²) in [6.45, 7) is 0. The highest BCUT2D eigenvalue weighted by Gasteiger charge is 2.06. The molecule has 2 nitrogen and oxygen atoms in total. The molecule has 0 atom stereocenters. The van der Waals surface area contributed by atoms with Crippen LogP contribution in [0.1, 0.15) is 5.56 Å². The van der Waals surface area contributed by atoms with Gasteiger partial charge in [-0.1, -0.05) is 34.8 Å². The lowest BCUT2D eigenvalue weighted by atomic mass is 10.2. The van der Waals surface area contributed by atoms with Crippen LogP contribution in [0.5, 0.6) is 0 Å². The van der Waals surface area contributed by atoms with Gasteiger partial charge in [0.15, 0.2) is 0 Å². The van der Waals surface area contributed by atoms with Crippen LogP contribution in [-0.4, -0.2) is 11.1 Å². The van der Waals surface area contributed by atoms with Gasteiger partial charge in [0.05, 0.1) is 10.0 Å². The van der Waals surface area contributed by atoms with Crippen LogP contribution in [0.3, 0.4) is 0 Å². The van der Waals surface area contributed by atoms with Crippen LogP contribution in [0.15, 0.2) is 18.2 Å². The average molecular weight is 251 g/mol. The van der Waals surface area contributed by atoms with E-state index in [1.807, 2.05) is 0 Å². The fourth-order valence-electron chi connectivity index (χ4n) is 0.850. The van der Waals surface area contributed by atoms with Crippen molar-refractivity contribution in [1.82, 2.24) is 0 Å². The van der Waals surface area contributed by atoms with Crippen molar-refractivity contribution in [2.24, 2.45) is 0 Å². The zero-order valence-electron chi connectivity index (χ0n) is 6.80. The Hall–Kier alpha value is -0.700. The van der Waals surface area contributed by atoms with Gasteiger partial charge in [-0.25, -0.2) is 4.79 Å². The Kier molecular flexibility index (Phi) is 3.81. The van der Waals surface area contributed by atoms with Crippen LogP contribution in [0, 0.1) is 0 Å². The molecule has 0 heterocycles. The number of benzene rings is 1. The average Bonchev–Trinajstić information content (AvgIpc) is 2.11. The lowest BCUT2D eigenvalue weighted by molar-refractivity contribution is -0.131. The van der Waals surface area contributed by atoms with Crippen molar-refractivity contribution in [1.29, 1.82) is 0 Å². The molecule has 0 unspecified atom stereocenters. The topological polar surface area (TPSA) is 37.3 Å². The molecule has 0 bridgehead atoms. The fourth-order valence-corrected chi connectivity index (χ4v) is 1.51. The lowest BCUT2D eigenvalue weighted by Crippen LogP contribution is -1.87. The SMILES string of the molecule is O=C(O)C=Cc1c(Cl)ccc(Cl)c1Cl. The summed E-state index contributed by atoms with van der Waals surface area (Å²) in [6, 6.07) is 3.10. The predicted octanol–water partition coefficient (Wildman–Crippen LogP) is 3.74. The van der Waals surface area contributed by atoms with E-state index in [1.165, 1.54) is 6.08 Å². The second kappa shape index (κ2) is 4.69. The highest BCUT2D eigenvalue weighted by Crippen LogP contribution is 2.32. The summed E-state index contributed by atoms with van der Waals surface area (Å²) >= 11 is 17.3. The molecule has 0 aliphatic rings. The van der Waals surface area contributed by atoms with E-state index in [-0.39, 0.29) is 5.02 Å². The van der Waals surface area contributed by atoms with Crippen molar-refractivity contribution >= 4 is 46.8 Å². The molecule has 14 heavy (non-hydrogen) atoms. The summed E-state index contributed by atoms with van der Waals surface area (Å²) < 4.78 is 0. The van der Waals surface area contributed by atoms with Crippen LogP contribution >= 0.6 is 34.8 Å². The van der Waals surface area contributed by atoms with Gasteiger partial charge in [-0.2, -0.15) is 0 Å². The van der Waals surface area contributed by atoms with Crippen LogP contribution in [-0.2, 0) is 4.79 Å². The Bertz CT molecular complexity index is 399. The monoisotopic (exact) mass is 250 g/mol.